The third-order valence-corrected chi connectivity index (χ3v) is 2.96. The Balaban J connectivity index is 2.26. The molecule has 0 aliphatic heterocycles. The fourth-order valence-corrected chi connectivity index (χ4v) is 1.94. The SMILES string of the molecule is COc1ccccc1C(=O)C#Cc1cccs1. The van der Waals surface area contributed by atoms with Gasteiger partial charge in [0.2, 0.25) is 5.78 Å². The van der Waals surface area contributed by atoms with Gasteiger partial charge in [-0.1, -0.05) is 18.2 Å². The molecule has 0 saturated heterocycles. The first-order valence-electron chi connectivity index (χ1n) is 5.04. The second-order valence-electron chi connectivity index (χ2n) is 3.26. The molecular weight excluding hydrogens is 232 g/mol. The number of hydrogen-bond donors (Lipinski definition) is 0. The predicted molar refractivity (Wildman–Crippen MR) is 68.5 cm³/mol. The van der Waals surface area contributed by atoms with Crippen LogP contribution >= 0.6 is 11.3 Å². The molecule has 0 N–H and O–H groups in total. The van der Waals surface area contributed by atoms with E-state index in [0.717, 1.165) is 4.88 Å². The molecule has 84 valence electrons. The van der Waals surface area contributed by atoms with Crippen molar-refractivity contribution in [3.05, 3.63) is 52.2 Å². The van der Waals surface area contributed by atoms with Gasteiger partial charge in [0.1, 0.15) is 5.75 Å². The molecule has 0 aliphatic rings. The highest BCUT2D eigenvalue weighted by Crippen LogP contribution is 2.17. The number of thiophene rings is 1. The average molecular weight is 242 g/mol. The minimum Gasteiger partial charge on any atom is -0.496 e. The van der Waals surface area contributed by atoms with Crippen LogP contribution in [0.15, 0.2) is 41.8 Å². The molecule has 0 aliphatic carbocycles. The average Bonchev–Trinajstić information content (AvgIpc) is 2.89. The van der Waals surface area contributed by atoms with Gasteiger partial charge in [-0.2, -0.15) is 0 Å². The van der Waals surface area contributed by atoms with Crippen molar-refractivity contribution in [2.75, 3.05) is 7.11 Å². The summed E-state index contributed by atoms with van der Waals surface area (Å²) in [5.41, 5.74) is 0.499. The molecule has 0 radical (unpaired) electrons. The van der Waals surface area contributed by atoms with Crippen LogP contribution in [0.5, 0.6) is 5.75 Å². The number of para-hydroxylation sites is 1. The molecular formula is C14H10O2S. The van der Waals surface area contributed by atoms with Crippen LogP contribution in [0.3, 0.4) is 0 Å². The summed E-state index contributed by atoms with van der Waals surface area (Å²) in [4.78, 5) is 12.8. The minimum absolute atomic E-state index is 0.226. The number of ketones is 1. The van der Waals surface area contributed by atoms with Crippen molar-refractivity contribution in [3.63, 3.8) is 0 Å². The van der Waals surface area contributed by atoms with Gasteiger partial charge in [-0.15, -0.1) is 11.3 Å². The van der Waals surface area contributed by atoms with E-state index in [-0.39, 0.29) is 5.78 Å². The van der Waals surface area contributed by atoms with E-state index in [4.69, 9.17) is 4.74 Å². The highest BCUT2D eigenvalue weighted by molar-refractivity contribution is 7.10. The molecule has 17 heavy (non-hydrogen) atoms. The maximum absolute atomic E-state index is 11.9. The number of ether oxygens (including phenoxy) is 1. The molecule has 0 unspecified atom stereocenters. The van der Waals surface area contributed by atoms with Gasteiger partial charge in [-0.3, -0.25) is 4.79 Å². The van der Waals surface area contributed by atoms with Crippen molar-refractivity contribution in [1.82, 2.24) is 0 Å². The number of benzene rings is 1. The number of carbonyl (C=O) groups is 1. The Morgan fingerprint density at radius 2 is 2.06 bits per heavy atom. The molecule has 2 nitrogen and oxygen atoms in total. The molecule has 1 heterocycles. The molecule has 0 bridgehead atoms. The molecule has 0 atom stereocenters. The lowest BCUT2D eigenvalue weighted by Gasteiger charge is -2.02. The summed E-state index contributed by atoms with van der Waals surface area (Å²) in [6.45, 7) is 0. The zero-order valence-corrected chi connectivity index (χ0v) is 10.1. The Bertz CT molecular complexity index is 574. The predicted octanol–water partition coefficient (Wildman–Crippen LogP) is 2.99. The van der Waals surface area contributed by atoms with Crippen LogP contribution in [0.1, 0.15) is 15.2 Å². The van der Waals surface area contributed by atoms with Gasteiger partial charge < -0.3 is 4.74 Å². The van der Waals surface area contributed by atoms with Gasteiger partial charge in [0.05, 0.1) is 17.6 Å². The van der Waals surface area contributed by atoms with Crippen LogP contribution in [0.2, 0.25) is 0 Å². The first kappa shape index (κ1) is 11.4. The Hall–Kier alpha value is -2.05. The smallest absolute Gasteiger partial charge is 0.240 e. The van der Waals surface area contributed by atoms with E-state index in [1.807, 2.05) is 23.6 Å². The van der Waals surface area contributed by atoms with Gasteiger partial charge >= 0.3 is 0 Å². The van der Waals surface area contributed by atoms with E-state index in [9.17, 15) is 4.79 Å². The minimum atomic E-state index is -0.226. The summed E-state index contributed by atoms with van der Waals surface area (Å²) < 4.78 is 5.12. The van der Waals surface area contributed by atoms with Crippen LogP contribution < -0.4 is 4.74 Å². The van der Waals surface area contributed by atoms with E-state index in [1.165, 1.54) is 11.3 Å². The van der Waals surface area contributed by atoms with E-state index in [2.05, 4.69) is 11.8 Å². The number of Topliss-reactive ketones (excluding diaryl/α,β-unsaturated/α-hetero) is 1. The van der Waals surface area contributed by atoms with E-state index in [0.29, 0.717) is 11.3 Å². The quantitative estimate of drug-likeness (QED) is 0.597. The molecule has 3 heteroatoms. The fourth-order valence-electron chi connectivity index (χ4n) is 1.37. The zero-order valence-electron chi connectivity index (χ0n) is 9.27. The first-order valence-corrected chi connectivity index (χ1v) is 5.92. The van der Waals surface area contributed by atoms with Crippen molar-refractivity contribution >= 4 is 17.1 Å². The first-order chi connectivity index (χ1) is 8.31. The normalized spacial score (nSPS) is 9.24. The van der Waals surface area contributed by atoms with Crippen molar-refractivity contribution in [2.24, 2.45) is 0 Å². The van der Waals surface area contributed by atoms with E-state index < -0.39 is 0 Å². The molecule has 1 aromatic heterocycles. The number of hydrogen-bond acceptors (Lipinski definition) is 3. The fraction of sp³-hybridized carbons (Fsp3) is 0.0714. The second-order valence-corrected chi connectivity index (χ2v) is 4.20. The zero-order chi connectivity index (χ0) is 12.1. The summed E-state index contributed by atoms with van der Waals surface area (Å²) >= 11 is 1.51. The summed E-state index contributed by atoms with van der Waals surface area (Å²) in [6.07, 6.45) is 0. The Morgan fingerprint density at radius 1 is 1.24 bits per heavy atom. The van der Waals surface area contributed by atoms with Crippen molar-refractivity contribution < 1.29 is 9.53 Å². The summed E-state index contributed by atoms with van der Waals surface area (Å²) in [6, 6.07) is 10.9. The third kappa shape index (κ3) is 2.74. The number of carbonyl (C=O) groups excluding carboxylic acids is 1. The molecule has 0 fully saturated rings. The molecule has 2 aromatic rings. The second kappa shape index (κ2) is 5.33. The lowest BCUT2D eigenvalue weighted by Crippen LogP contribution is -1.98. The topological polar surface area (TPSA) is 26.3 Å². The maximum Gasteiger partial charge on any atom is 0.240 e. The third-order valence-electron chi connectivity index (χ3n) is 2.17. The van der Waals surface area contributed by atoms with Crippen molar-refractivity contribution in [2.45, 2.75) is 0 Å². The van der Waals surface area contributed by atoms with Gasteiger partial charge in [0, 0.05) is 0 Å². The summed E-state index contributed by atoms with van der Waals surface area (Å²) in [5, 5.41) is 1.93. The van der Waals surface area contributed by atoms with Crippen LogP contribution in [-0.2, 0) is 0 Å². The lowest BCUT2D eigenvalue weighted by atomic mass is 10.1. The highest BCUT2D eigenvalue weighted by atomic mass is 32.1. The number of rotatable bonds is 2. The van der Waals surface area contributed by atoms with Crippen molar-refractivity contribution in [3.8, 4) is 17.6 Å². The molecule has 0 spiro atoms. The standard InChI is InChI=1S/C14H10O2S/c1-16-14-7-3-2-6-12(14)13(15)9-8-11-5-4-10-17-11/h2-7,10H,1H3. The Morgan fingerprint density at radius 3 is 2.76 bits per heavy atom. The number of methoxy groups -OCH3 is 1. The summed E-state index contributed by atoms with van der Waals surface area (Å²) in [7, 11) is 1.54. The van der Waals surface area contributed by atoms with E-state index >= 15 is 0 Å². The van der Waals surface area contributed by atoms with Gasteiger partial charge in [0.15, 0.2) is 0 Å². The molecule has 1 aromatic carbocycles. The van der Waals surface area contributed by atoms with Crippen LogP contribution in [0.4, 0.5) is 0 Å². The van der Waals surface area contributed by atoms with E-state index in [1.54, 1.807) is 25.3 Å². The van der Waals surface area contributed by atoms with Gasteiger partial charge in [0.25, 0.3) is 0 Å². The van der Waals surface area contributed by atoms with Crippen LogP contribution in [0.25, 0.3) is 0 Å². The lowest BCUT2D eigenvalue weighted by molar-refractivity contribution is 0.105. The van der Waals surface area contributed by atoms with Crippen LogP contribution in [0, 0.1) is 11.8 Å². The molecule has 0 saturated carbocycles. The van der Waals surface area contributed by atoms with Gasteiger partial charge in [-0.05, 0) is 35.4 Å². The van der Waals surface area contributed by atoms with Crippen molar-refractivity contribution in [1.29, 1.82) is 0 Å². The Kier molecular flexibility index (Phi) is 3.59. The maximum atomic E-state index is 11.9. The monoisotopic (exact) mass is 242 g/mol. The molecule has 2 rings (SSSR count). The summed E-state index contributed by atoms with van der Waals surface area (Å²) in [5.74, 6) is 5.78. The largest absolute Gasteiger partial charge is 0.496 e. The highest BCUT2D eigenvalue weighted by Gasteiger charge is 2.08. The molecule has 0 amide bonds. The Labute approximate surface area is 104 Å². The van der Waals surface area contributed by atoms with Crippen LogP contribution in [-0.4, -0.2) is 12.9 Å². The van der Waals surface area contributed by atoms with Gasteiger partial charge in [-0.25, -0.2) is 0 Å².